The van der Waals surface area contributed by atoms with Crippen molar-refractivity contribution in [3.63, 3.8) is 0 Å². The molecule has 4 rings (SSSR count). The van der Waals surface area contributed by atoms with Crippen LogP contribution in [0.5, 0.6) is 0 Å². The molecule has 0 bridgehead atoms. The number of amides is 1. The van der Waals surface area contributed by atoms with Gasteiger partial charge >= 0.3 is 6.18 Å². The lowest BCUT2D eigenvalue weighted by Gasteiger charge is -2.45. The third-order valence-corrected chi connectivity index (χ3v) is 7.17. The van der Waals surface area contributed by atoms with Crippen LogP contribution in [0.4, 0.5) is 13.2 Å². The Morgan fingerprint density at radius 1 is 1.26 bits per heavy atom. The predicted octanol–water partition coefficient (Wildman–Crippen LogP) is 3.08. The Hall–Kier alpha value is -2.11. The van der Waals surface area contributed by atoms with Gasteiger partial charge in [0.2, 0.25) is 0 Å². The van der Waals surface area contributed by atoms with Crippen molar-refractivity contribution in [1.29, 1.82) is 0 Å². The van der Waals surface area contributed by atoms with Crippen LogP contribution in [0.2, 0.25) is 0 Å². The van der Waals surface area contributed by atoms with Gasteiger partial charge in [0.15, 0.2) is 16.5 Å². The van der Waals surface area contributed by atoms with Gasteiger partial charge in [0.1, 0.15) is 4.88 Å². The van der Waals surface area contributed by atoms with Crippen molar-refractivity contribution in [2.24, 2.45) is 5.73 Å². The molecule has 1 amide bonds. The van der Waals surface area contributed by atoms with E-state index in [1.807, 2.05) is 0 Å². The standard InChI is InChI=1S/C20H25F3N6OS/c21-20(22,23)15-14(31-18(28-15)16-25-8-4-9-26-16)17(30)27-12-19(6-2-1-3-7-19)29-10-5-13(24)11-29/h4,8-9,13H,1-3,5-7,10-12,24H2,(H,27,30). The molecule has 11 heteroatoms. The van der Waals surface area contributed by atoms with E-state index in [4.69, 9.17) is 5.73 Å². The Morgan fingerprint density at radius 3 is 2.58 bits per heavy atom. The van der Waals surface area contributed by atoms with Gasteiger partial charge in [0.05, 0.1) is 0 Å². The summed E-state index contributed by atoms with van der Waals surface area (Å²) in [4.78, 5) is 26.3. The molecule has 2 aliphatic rings. The predicted molar refractivity (Wildman–Crippen MR) is 110 cm³/mol. The van der Waals surface area contributed by atoms with Crippen LogP contribution < -0.4 is 11.1 Å². The van der Waals surface area contributed by atoms with E-state index >= 15 is 0 Å². The number of carbonyl (C=O) groups excluding carboxylic acids is 1. The fraction of sp³-hybridized carbons (Fsp3) is 0.600. The Bertz CT molecular complexity index is 913. The molecular weight excluding hydrogens is 429 g/mol. The van der Waals surface area contributed by atoms with E-state index in [1.54, 1.807) is 6.07 Å². The molecule has 1 saturated heterocycles. The molecule has 1 aliphatic heterocycles. The average molecular weight is 455 g/mol. The summed E-state index contributed by atoms with van der Waals surface area (Å²) in [5, 5.41) is 2.76. The highest BCUT2D eigenvalue weighted by Gasteiger charge is 2.43. The van der Waals surface area contributed by atoms with Crippen LogP contribution in [0.15, 0.2) is 18.5 Å². The topological polar surface area (TPSA) is 97.0 Å². The number of alkyl halides is 3. The van der Waals surface area contributed by atoms with Crippen LogP contribution in [0.25, 0.3) is 10.8 Å². The molecule has 0 aromatic carbocycles. The minimum atomic E-state index is -4.75. The highest BCUT2D eigenvalue weighted by Crippen LogP contribution is 2.38. The molecule has 1 atom stereocenters. The maximum Gasteiger partial charge on any atom is 0.435 e. The van der Waals surface area contributed by atoms with Crippen molar-refractivity contribution < 1.29 is 18.0 Å². The first-order valence-electron chi connectivity index (χ1n) is 10.4. The Labute approximate surface area is 182 Å². The zero-order valence-corrected chi connectivity index (χ0v) is 17.8. The van der Waals surface area contributed by atoms with Crippen LogP contribution in [-0.2, 0) is 6.18 Å². The number of carbonyl (C=O) groups is 1. The summed E-state index contributed by atoms with van der Waals surface area (Å²) in [6.07, 6.45) is 3.98. The lowest BCUT2D eigenvalue weighted by atomic mass is 9.80. The second-order valence-corrected chi connectivity index (χ2v) is 9.23. The largest absolute Gasteiger partial charge is 0.435 e. The van der Waals surface area contributed by atoms with E-state index in [1.165, 1.54) is 12.4 Å². The summed E-state index contributed by atoms with van der Waals surface area (Å²) in [6.45, 7) is 1.89. The van der Waals surface area contributed by atoms with E-state index in [0.29, 0.717) is 17.9 Å². The molecule has 0 radical (unpaired) electrons. The molecule has 168 valence electrons. The Balaban J connectivity index is 1.56. The van der Waals surface area contributed by atoms with Gasteiger partial charge in [0, 0.05) is 43.6 Å². The molecule has 3 N–H and O–H groups in total. The van der Waals surface area contributed by atoms with Crippen LogP contribution in [0.3, 0.4) is 0 Å². The number of likely N-dealkylation sites (tertiary alicyclic amines) is 1. The van der Waals surface area contributed by atoms with E-state index in [0.717, 1.165) is 51.6 Å². The fourth-order valence-electron chi connectivity index (χ4n) is 4.53. The molecule has 0 spiro atoms. The normalized spacial score (nSPS) is 21.9. The number of halogens is 3. The van der Waals surface area contributed by atoms with Crippen molar-refractivity contribution in [2.45, 2.75) is 56.3 Å². The van der Waals surface area contributed by atoms with Crippen LogP contribution >= 0.6 is 11.3 Å². The molecule has 31 heavy (non-hydrogen) atoms. The van der Waals surface area contributed by atoms with Gasteiger partial charge in [-0.15, -0.1) is 11.3 Å². The molecule has 3 heterocycles. The lowest BCUT2D eigenvalue weighted by molar-refractivity contribution is -0.141. The van der Waals surface area contributed by atoms with Crippen LogP contribution in [0.1, 0.15) is 53.9 Å². The van der Waals surface area contributed by atoms with Gasteiger partial charge in [-0.3, -0.25) is 9.69 Å². The van der Waals surface area contributed by atoms with Crippen molar-refractivity contribution >= 4 is 17.2 Å². The van der Waals surface area contributed by atoms with E-state index in [9.17, 15) is 18.0 Å². The summed E-state index contributed by atoms with van der Waals surface area (Å²) in [7, 11) is 0. The third-order valence-electron chi connectivity index (χ3n) is 6.12. The molecule has 1 unspecified atom stereocenters. The van der Waals surface area contributed by atoms with Crippen LogP contribution in [-0.4, -0.2) is 57.0 Å². The van der Waals surface area contributed by atoms with Gasteiger partial charge in [-0.2, -0.15) is 13.2 Å². The highest BCUT2D eigenvalue weighted by atomic mass is 32.1. The Kier molecular flexibility index (Phi) is 6.27. The molecule has 7 nitrogen and oxygen atoms in total. The van der Waals surface area contributed by atoms with E-state index in [2.05, 4.69) is 25.2 Å². The minimum Gasteiger partial charge on any atom is -0.349 e. The summed E-state index contributed by atoms with van der Waals surface area (Å²) in [5.41, 5.74) is 4.64. The zero-order valence-electron chi connectivity index (χ0n) is 17.0. The second kappa shape index (κ2) is 8.79. The van der Waals surface area contributed by atoms with Gasteiger partial charge < -0.3 is 11.1 Å². The number of nitrogens with one attached hydrogen (secondary N) is 1. The van der Waals surface area contributed by atoms with Crippen molar-refractivity contribution in [2.75, 3.05) is 19.6 Å². The highest BCUT2D eigenvalue weighted by molar-refractivity contribution is 7.17. The maximum atomic E-state index is 13.6. The first-order valence-corrected chi connectivity index (χ1v) is 11.2. The zero-order chi connectivity index (χ0) is 22.1. The molecule has 1 aliphatic carbocycles. The smallest absolute Gasteiger partial charge is 0.349 e. The quantitative estimate of drug-likeness (QED) is 0.721. The molecule has 1 saturated carbocycles. The number of aromatic nitrogens is 3. The number of rotatable bonds is 5. The average Bonchev–Trinajstić information content (AvgIpc) is 3.40. The molecular formula is C20H25F3N6OS. The first-order chi connectivity index (χ1) is 14.8. The molecule has 2 aromatic rings. The third kappa shape index (κ3) is 4.73. The monoisotopic (exact) mass is 454 g/mol. The van der Waals surface area contributed by atoms with Gasteiger partial charge in [-0.1, -0.05) is 19.3 Å². The summed E-state index contributed by atoms with van der Waals surface area (Å²) < 4.78 is 40.8. The summed E-state index contributed by atoms with van der Waals surface area (Å²) >= 11 is 0.664. The SMILES string of the molecule is NC1CCN(C2(CNC(=O)c3sc(-c4ncccn4)nc3C(F)(F)F)CCCCC2)C1. The van der Waals surface area contributed by atoms with Crippen molar-refractivity contribution in [1.82, 2.24) is 25.2 Å². The van der Waals surface area contributed by atoms with E-state index < -0.39 is 22.7 Å². The number of nitrogens with zero attached hydrogens (tertiary/aromatic N) is 4. The van der Waals surface area contributed by atoms with Crippen molar-refractivity contribution in [3.8, 4) is 10.8 Å². The first kappa shape index (κ1) is 22.1. The number of hydrogen-bond donors (Lipinski definition) is 2. The maximum absolute atomic E-state index is 13.6. The number of thiazole rings is 1. The minimum absolute atomic E-state index is 0.0315. The van der Waals surface area contributed by atoms with Crippen LogP contribution in [0, 0.1) is 0 Å². The van der Waals surface area contributed by atoms with Crippen molar-refractivity contribution in [3.05, 3.63) is 29.0 Å². The number of nitrogens with two attached hydrogens (primary N) is 1. The lowest BCUT2D eigenvalue weighted by Crippen LogP contribution is -2.56. The number of hydrogen-bond acceptors (Lipinski definition) is 7. The summed E-state index contributed by atoms with van der Waals surface area (Å²) in [5.74, 6) is -0.702. The Morgan fingerprint density at radius 2 is 1.97 bits per heavy atom. The fourth-order valence-corrected chi connectivity index (χ4v) is 5.48. The van der Waals surface area contributed by atoms with E-state index in [-0.39, 0.29) is 22.4 Å². The molecule has 2 fully saturated rings. The summed E-state index contributed by atoms with van der Waals surface area (Å²) in [6, 6.07) is 1.66. The van der Waals surface area contributed by atoms with Gasteiger partial charge in [0.25, 0.3) is 5.91 Å². The van der Waals surface area contributed by atoms with Gasteiger partial charge in [-0.25, -0.2) is 15.0 Å². The molecule has 2 aromatic heterocycles. The van der Waals surface area contributed by atoms with Gasteiger partial charge in [-0.05, 0) is 25.3 Å². The second-order valence-electron chi connectivity index (χ2n) is 8.23.